The highest BCUT2D eigenvalue weighted by Gasteiger charge is 2.11. The van der Waals surface area contributed by atoms with E-state index in [1.165, 1.54) is 12.1 Å². The molecule has 2 heterocycles. The predicted molar refractivity (Wildman–Crippen MR) is 87.2 cm³/mol. The molecule has 0 spiro atoms. The molecule has 24 heavy (non-hydrogen) atoms. The van der Waals surface area contributed by atoms with Crippen LogP contribution in [0.15, 0.2) is 42.6 Å². The monoisotopic (exact) mass is 328 g/mol. The lowest BCUT2D eigenvalue weighted by Gasteiger charge is -2.05. The molecule has 0 bridgehead atoms. The third-order valence-electron chi connectivity index (χ3n) is 3.59. The fourth-order valence-corrected chi connectivity index (χ4v) is 2.35. The van der Waals surface area contributed by atoms with Crippen molar-refractivity contribution in [1.29, 1.82) is 0 Å². The smallest absolute Gasteiger partial charge is 0.251 e. The standard InChI is InChI=1S/C17H17FN4O2/c1-24-10-2-8-19-17(23)13-7-9-22-15(11-13)20-21-16(22)12-3-5-14(18)6-4-12/h3-7,9,11H,2,8,10H2,1H3,(H,19,23). The van der Waals surface area contributed by atoms with E-state index in [1.54, 1.807) is 42.0 Å². The van der Waals surface area contributed by atoms with Crippen molar-refractivity contribution in [1.82, 2.24) is 19.9 Å². The van der Waals surface area contributed by atoms with Crippen LogP contribution in [-0.2, 0) is 4.74 Å². The molecule has 1 aromatic carbocycles. The van der Waals surface area contributed by atoms with Crippen molar-refractivity contribution >= 4 is 11.6 Å². The number of carbonyl (C=O) groups is 1. The summed E-state index contributed by atoms with van der Waals surface area (Å²) in [5.41, 5.74) is 1.82. The lowest BCUT2D eigenvalue weighted by atomic mass is 10.2. The number of hydrogen-bond acceptors (Lipinski definition) is 4. The van der Waals surface area contributed by atoms with Crippen LogP contribution in [-0.4, -0.2) is 40.8 Å². The van der Waals surface area contributed by atoms with E-state index in [1.807, 2.05) is 0 Å². The highest BCUT2D eigenvalue weighted by atomic mass is 19.1. The molecule has 124 valence electrons. The highest BCUT2D eigenvalue weighted by Crippen LogP contribution is 2.19. The van der Waals surface area contributed by atoms with Crippen molar-refractivity contribution in [2.24, 2.45) is 0 Å². The summed E-state index contributed by atoms with van der Waals surface area (Å²) in [6, 6.07) is 9.40. The molecule has 1 N–H and O–H groups in total. The fourth-order valence-electron chi connectivity index (χ4n) is 2.35. The first-order valence-electron chi connectivity index (χ1n) is 7.57. The number of aromatic nitrogens is 3. The van der Waals surface area contributed by atoms with Crippen LogP contribution in [0.2, 0.25) is 0 Å². The molecule has 7 heteroatoms. The van der Waals surface area contributed by atoms with Crippen LogP contribution in [0.5, 0.6) is 0 Å². The lowest BCUT2D eigenvalue weighted by Crippen LogP contribution is -2.25. The van der Waals surface area contributed by atoms with Gasteiger partial charge < -0.3 is 10.1 Å². The van der Waals surface area contributed by atoms with E-state index in [4.69, 9.17) is 4.74 Å². The van der Waals surface area contributed by atoms with Crippen molar-refractivity contribution in [3.8, 4) is 11.4 Å². The number of benzene rings is 1. The summed E-state index contributed by atoms with van der Waals surface area (Å²) in [6.07, 6.45) is 2.49. The van der Waals surface area contributed by atoms with Gasteiger partial charge in [0.25, 0.3) is 5.91 Å². The first kappa shape index (κ1) is 16.1. The van der Waals surface area contributed by atoms with E-state index in [-0.39, 0.29) is 11.7 Å². The third kappa shape index (κ3) is 3.41. The van der Waals surface area contributed by atoms with Crippen molar-refractivity contribution in [2.75, 3.05) is 20.3 Å². The highest BCUT2D eigenvalue weighted by molar-refractivity contribution is 5.95. The van der Waals surface area contributed by atoms with E-state index in [0.29, 0.717) is 30.2 Å². The fraction of sp³-hybridized carbons (Fsp3) is 0.235. The van der Waals surface area contributed by atoms with Crippen molar-refractivity contribution in [3.05, 3.63) is 54.0 Å². The second-order valence-electron chi connectivity index (χ2n) is 5.28. The van der Waals surface area contributed by atoms with E-state index >= 15 is 0 Å². The molecule has 0 aliphatic rings. The number of nitrogens with one attached hydrogen (secondary N) is 1. The molecule has 0 fully saturated rings. The van der Waals surface area contributed by atoms with E-state index in [9.17, 15) is 9.18 Å². The van der Waals surface area contributed by atoms with Crippen molar-refractivity contribution < 1.29 is 13.9 Å². The summed E-state index contributed by atoms with van der Waals surface area (Å²) in [6.45, 7) is 1.15. The number of pyridine rings is 1. The molecule has 1 amide bonds. The van der Waals surface area contributed by atoms with Crippen molar-refractivity contribution in [2.45, 2.75) is 6.42 Å². The summed E-state index contributed by atoms with van der Waals surface area (Å²) in [7, 11) is 1.62. The molecule has 0 saturated heterocycles. The summed E-state index contributed by atoms with van der Waals surface area (Å²) in [5, 5.41) is 11.0. The van der Waals surface area contributed by atoms with Gasteiger partial charge in [-0.25, -0.2) is 4.39 Å². The predicted octanol–water partition coefficient (Wildman–Crippen LogP) is 2.30. The normalized spacial score (nSPS) is 10.9. The maximum Gasteiger partial charge on any atom is 0.251 e. The van der Waals surface area contributed by atoms with Crippen LogP contribution in [0.1, 0.15) is 16.8 Å². The quantitative estimate of drug-likeness (QED) is 0.705. The van der Waals surface area contributed by atoms with Crippen LogP contribution >= 0.6 is 0 Å². The summed E-state index contributed by atoms with van der Waals surface area (Å²) in [5.74, 6) is 0.122. The number of ether oxygens (including phenoxy) is 1. The number of methoxy groups -OCH3 is 1. The Morgan fingerprint density at radius 1 is 1.25 bits per heavy atom. The Labute approximate surface area is 138 Å². The minimum Gasteiger partial charge on any atom is -0.385 e. The summed E-state index contributed by atoms with van der Waals surface area (Å²) < 4.78 is 19.7. The second kappa shape index (κ2) is 7.18. The topological polar surface area (TPSA) is 68.5 Å². The van der Waals surface area contributed by atoms with Crippen LogP contribution in [0, 0.1) is 5.82 Å². The van der Waals surface area contributed by atoms with Gasteiger partial charge in [0.1, 0.15) is 5.82 Å². The molecule has 3 rings (SSSR count). The van der Waals surface area contributed by atoms with E-state index in [2.05, 4.69) is 15.5 Å². The minimum absolute atomic E-state index is 0.167. The molecule has 0 aliphatic carbocycles. The van der Waals surface area contributed by atoms with Gasteiger partial charge in [0.05, 0.1) is 0 Å². The molecular formula is C17H17FN4O2. The third-order valence-corrected chi connectivity index (χ3v) is 3.59. The van der Waals surface area contributed by atoms with Gasteiger partial charge in [0.2, 0.25) is 0 Å². The van der Waals surface area contributed by atoms with Crippen LogP contribution in [0.4, 0.5) is 4.39 Å². The van der Waals surface area contributed by atoms with E-state index in [0.717, 1.165) is 12.0 Å². The van der Waals surface area contributed by atoms with E-state index < -0.39 is 0 Å². The number of carbonyl (C=O) groups excluding carboxylic acids is 1. The van der Waals surface area contributed by atoms with Gasteiger partial charge in [-0.05, 0) is 42.8 Å². The molecular weight excluding hydrogens is 311 g/mol. The maximum atomic E-state index is 13.0. The second-order valence-corrected chi connectivity index (χ2v) is 5.28. The van der Waals surface area contributed by atoms with Gasteiger partial charge >= 0.3 is 0 Å². The van der Waals surface area contributed by atoms with Crippen molar-refractivity contribution in [3.63, 3.8) is 0 Å². The molecule has 3 aromatic rings. The van der Waals surface area contributed by atoms with Gasteiger partial charge in [-0.2, -0.15) is 0 Å². The Morgan fingerprint density at radius 3 is 2.79 bits per heavy atom. The lowest BCUT2D eigenvalue weighted by molar-refractivity contribution is 0.0948. The summed E-state index contributed by atoms with van der Waals surface area (Å²) >= 11 is 0. The van der Waals surface area contributed by atoms with Crippen LogP contribution in [0.3, 0.4) is 0 Å². The summed E-state index contributed by atoms with van der Waals surface area (Å²) in [4.78, 5) is 12.1. The first-order valence-corrected chi connectivity index (χ1v) is 7.57. The zero-order valence-corrected chi connectivity index (χ0v) is 13.2. The van der Waals surface area contributed by atoms with Gasteiger partial charge in [-0.15, -0.1) is 10.2 Å². The Morgan fingerprint density at radius 2 is 2.04 bits per heavy atom. The largest absolute Gasteiger partial charge is 0.385 e. The Balaban J connectivity index is 1.80. The van der Waals surface area contributed by atoms with Crippen LogP contribution in [0.25, 0.3) is 17.0 Å². The van der Waals surface area contributed by atoms with Gasteiger partial charge in [-0.3, -0.25) is 9.20 Å². The Hall–Kier alpha value is -2.80. The molecule has 0 aliphatic heterocycles. The van der Waals surface area contributed by atoms with Gasteiger partial charge in [0, 0.05) is 37.6 Å². The molecule has 0 saturated carbocycles. The molecule has 0 unspecified atom stereocenters. The van der Waals surface area contributed by atoms with Crippen LogP contribution < -0.4 is 5.32 Å². The number of fused-ring (bicyclic) bond motifs is 1. The Kier molecular flexibility index (Phi) is 4.81. The van der Waals surface area contributed by atoms with Gasteiger partial charge in [0.15, 0.2) is 11.5 Å². The zero-order valence-electron chi connectivity index (χ0n) is 13.2. The zero-order chi connectivity index (χ0) is 16.9. The van der Waals surface area contributed by atoms with Gasteiger partial charge in [-0.1, -0.05) is 0 Å². The Bertz CT molecular complexity index is 845. The molecule has 6 nitrogen and oxygen atoms in total. The molecule has 2 aromatic heterocycles. The SMILES string of the molecule is COCCCNC(=O)c1ccn2c(-c3ccc(F)cc3)nnc2c1. The average Bonchev–Trinajstić information content (AvgIpc) is 3.02. The number of halogens is 1. The minimum atomic E-state index is -0.306. The first-order chi connectivity index (χ1) is 11.7. The number of amides is 1. The molecule has 0 atom stereocenters. The average molecular weight is 328 g/mol. The number of nitrogens with zero attached hydrogens (tertiary/aromatic N) is 3. The number of rotatable bonds is 6. The maximum absolute atomic E-state index is 13.0. The number of hydrogen-bond donors (Lipinski definition) is 1. The molecule has 0 radical (unpaired) electrons.